The molecular weight excluding hydrogens is 378 g/mol. The molecule has 2 aromatic carbocycles. The van der Waals surface area contributed by atoms with Gasteiger partial charge in [0, 0.05) is 43.7 Å². The number of hydrogen-bond donors (Lipinski definition) is 0. The fourth-order valence-electron chi connectivity index (χ4n) is 4.69. The first-order valence-corrected chi connectivity index (χ1v) is 10.9. The lowest BCUT2D eigenvalue weighted by Crippen LogP contribution is -2.47. The molecular formula is C24H31N3O3. The van der Waals surface area contributed by atoms with E-state index in [0.717, 1.165) is 62.0 Å². The van der Waals surface area contributed by atoms with E-state index in [-0.39, 0.29) is 17.7 Å². The van der Waals surface area contributed by atoms with Crippen LogP contribution in [0.4, 0.5) is 0 Å². The Balaban J connectivity index is 1.52. The average molecular weight is 410 g/mol. The van der Waals surface area contributed by atoms with E-state index in [1.165, 1.54) is 0 Å². The van der Waals surface area contributed by atoms with Crippen molar-refractivity contribution >= 4 is 22.6 Å². The second-order valence-corrected chi connectivity index (χ2v) is 8.43. The van der Waals surface area contributed by atoms with Gasteiger partial charge in [0.1, 0.15) is 5.75 Å². The number of benzene rings is 2. The van der Waals surface area contributed by atoms with Gasteiger partial charge < -0.3 is 19.4 Å². The van der Waals surface area contributed by atoms with E-state index in [0.29, 0.717) is 18.7 Å². The fraction of sp³-hybridized carbons (Fsp3) is 0.500. The minimum absolute atomic E-state index is 0.00181. The Bertz CT molecular complexity index is 929. The van der Waals surface area contributed by atoms with Crippen molar-refractivity contribution in [2.75, 3.05) is 53.4 Å². The van der Waals surface area contributed by atoms with Crippen LogP contribution in [-0.2, 0) is 4.79 Å². The number of carbonyl (C=O) groups is 2. The van der Waals surface area contributed by atoms with Gasteiger partial charge in [-0.3, -0.25) is 9.59 Å². The molecule has 6 heteroatoms. The molecule has 2 saturated heterocycles. The van der Waals surface area contributed by atoms with Gasteiger partial charge >= 0.3 is 0 Å². The first kappa shape index (κ1) is 20.7. The molecule has 0 radical (unpaired) electrons. The molecule has 2 fully saturated rings. The highest BCUT2D eigenvalue weighted by molar-refractivity contribution is 6.08. The Morgan fingerprint density at radius 1 is 0.900 bits per heavy atom. The average Bonchev–Trinajstić information content (AvgIpc) is 3.02. The van der Waals surface area contributed by atoms with Gasteiger partial charge in [0.15, 0.2) is 0 Å². The van der Waals surface area contributed by atoms with Gasteiger partial charge in [-0.15, -0.1) is 0 Å². The van der Waals surface area contributed by atoms with Crippen molar-refractivity contribution in [1.29, 1.82) is 0 Å². The lowest BCUT2D eigenvalue weighted by Gasteiger charge is -2.35. The summed E-state index contributed by atoms with van der Waals surface area (Å²) >= 11 is 0. The van der Waals surface area contributed by atoms with Crippen LogP contribution < -0.4 is 4.74 Å². The van der Waals surface area contributed by atoms with Gasteiger partial charge in [0.25, 0.3) is 5.91 Å². The summed E-state index contributed by atoms with van der Waals surface area (Å²) in [6, 6.07) is 11.5. The number of likely N-dealkylation sites (tertiary alicyclic amines) is 1. The Labute approximate surface area is 178 Å². The van der Waals surface area contributed by atoms with Crippen LogP contribution in [0.5, 0.6) is 5.75 Å². The van der Waals surface area contributed by atoms with E-state index < -0.39 is 0 Å². The summed E-state index contributed by atoms with van der Waals surface area (Å²) < 4.78 is 5.46. The van der Waals surface area contributed by atoms with Crippen LogP contribution in [-0.4, -0.2) is 79.9 Å². The zero-order chi connectivity index (χ0) is 21.1. The molecule has 30 heavy (non-hydrogen) atoms. The number of ether oxygens (including phenoxy) is 1. The van der Waals surface area contributed by atoms with E-state index in [9.17, 15) is 9.59 Å². The van der Waals surface area contributed by atoms with Gasteiger partial charge in [-0.2, -0.15) is 0 Å². The number of hydrogen-bond acceptors (Lipinski definition) is 4. The highest BCUT2D eigenvalue weighted by Gasteiger charge is 2.32. The summed E-state index contributed by atoms with van der Waals surface area (Å²) in [7, 11) is 3.75. The van der Waals surface area contributed by atoms with E-state index in [1.807, 2.05) is 46.2 Å². The summed E-state index contributed by atoms with van der Waals surface area (Å²) in [5, 5.41) is 1.83. The van der Waals surface area contributed by atoms with Crippen LogP contribution in [0.15, 0.2) is 36.4 Å². The molecule has 4 rings (SSSR count). The van der Waals surface area contributed by atoms with Gasteiger partial charge in [-0.25, -0.2) is 0 Å². The Kier molecular flexibility index (Phi) is 6.23. The molecule has 0 unspecified atom stereocenters. The Hall–Kier alpha value is -2.60. The van der Waals surface area contributed by atoms with Crippen LogP contribution >= 0.6 is 0 Å². The molecule has 6 nitrogen and oxygen atoms in total. The van der Waals surface area contributed by atoms with E-state index in [2.05, 4.69) is 11.9 Å². The molecule has 0 aliphatic carbocycles. The van der Waals surface area contributed by atoms with E-state index >= 15 is 0 Å². The van der Waals surface area contributed by atoms with Crippen LogP contribution in [0.2, 0.25) is 0 Å². The number of piperidine rings is 1. The van der Waals surface area contributed by atoms with Gasteiger partial charge in [0.2, 0.25) is 5.91 Å². The summed E-state index contributed by atoms with van der Waals surface area (Å²) in [5.74, 6) is 0.875. The normalized spacial score (nSPS) is 20.8. The van der Waals surface area contributed by atoms with Crippen molar-refractivity contribution in [1.82, 2.24) is 14.7 Å². The molecule has 2 aromatic rings. The first-order valence-electron chi connectivity index (χ1n) is 10.9. The Morgan fingerprint density at radius 2 is 1.67 bits per heavy atom. The quantitative estimate of drug-likeness (QED) is 0.782. The summed E-state index contributed by atoms with van der Waals surface area (Å²) in [5.41, 5.74) is 0.677. The van der Waals surface area contributed by atoms with Crippen molar-refractivity contribution in [3.63, 3.8) is 0 Å². The molecule has 2 heterocycles. The number of rotatable bonds is 3. The fourth-order valence-corrected chi connectivity index (χ4v) is 4.69. The third-order valence-electron chi connectivity index (χ3n) is 6.42. The minimum atomic E-state index is -0.101. The Morgan fingerprint density at radius 3 is 2.47 bits per heavy atom. The van der Waals surface area contributed by atoms with Crippen LogP contribution in [0, 0.1) is 5.92 Å². The SMILES string of the molecule is COc1ccc(C(=O)N2CCC[C@H](C(=O)N3CCCN(C)CC3)C2)c2ccccc12. The highest BCUT2D eigenvalue weighted by Crippen LogP contribution is 2.30. The number of likely N-dealkylation sites (N-methyl/N-ethyl adjacent to an activating group) is 1. The van der Waals surface area contributed by atoms with Gasteiger partial charge in [-0.1, -0.05) is 24.3 Å². The third-order valence-corrected chi connectivity index (χ3v) is 6.42. The molecule has 2 amide bonds. The molecule has 160 valence electrons. The molecule has 0 bridgehead atoms. The number of amides is 2. The topological polar surface area (TPSA) is 53.1 Å². The zero-order valence-corrected chi connectivity index (χ0v) is 18.0. The van der Waals surface area contributed by atoms with Crippen molar-refractivity contribution in [2.24, 2.45) is 5.92 Å². The predicted molar refractivity (Wildman–Crippen MR) is 118 cm³/mol. The first-order chi connectivity index (χ1) is 14.6. The zero-order valence-electron chi connectivity index (χ0n) is 18.0. The maximum atomic E-state index is 13.4. The van der Waals surface area contributed by atoms with Crippen molar-refractivity contribution < 1.29 is 14.3 Å². The highest BCUT2D eigenvalue weighted by atomic mass is 16.5. The smallest absolute Gasteiger partial charge is 0.254 e. The van der Waals surface area contributed by atoms with E-state index in [1.54, 1.807) is 7.11 Å². The molecule has 0 saturated carbocycles. The molecule has 2 aliphatic rings. The molecule has 0 N–H and O–H groups in total. The van der Waals surface area contributed by atoms with Crippen LogP contribution in [0.25, 0.3) is 10.8 Å². The predicted octanol–water partition coefficient (Wildman–Crippen LogP) is 2.86. The summed E-state index contributed by atoms with van der Waals surface area (Å²) in [6.45, 7) is 4.75. The maximum absolute atomic E-state index is 13.4. The van der Waals surface area contributed by atoms with E-state index in [4.69, 9.17) is 4.74 Å². The maximum Gasteiger partial charge on any atom is 0.254 e. The molecule has 2 aliphatic heterocycles. The monoisotopic (exact) mass is 409 g/mol. The van der Waals surface area contributed by atoms with Crippen LogP contribution in [0.1, 0.15) is 29.6 Å². The van der Waals surface area contributed by atoms with Crippen molar-refractivity contribution in [3.8, 4) is 5.75 Å². The summed E-state index contributed by atoms with van der Waals surface area (Å²) in [6.07, 6.45) is 2.73. The third kappa shape index (κ3) is 4.15. The van der Waals surface area contributed by atoms with Gasteiger partial charge in [0.05, 0.1) is 13.0 Å². The standard InChI is InChI=1S/C24H31N3O3/c1-25-12-6-14-26(16-15-25)23(28)18-7-5-13-27(17-18)24(29)21-10-11-22(30-2)20-9-4-3-8-19(20)21/h3-4,8-11,18H,5-7,12-17H2,1-2H3/t18-/m0/s1. The second-order valence-electron chi connectivity index (χ2n) is 8.43. The summed E-state index contributed by atoms with van der Waals surface area (Å²) in [4.78, 5) is 32.7. The number of nitrogens with zero attached hydrogens (tertiary/aromatic N) is 3. The number of methoxy groups -OCH3 is 1. The molecule has 0 aromatic heterocycles. The minimum Gasteiger partial charge on any atom is -0.496 e. The van der Waals surface area contributed by atoms with Crippen LogP contribution in [0.3, 0.4) is 0 Å². The molecule has 0 spiro atoms. The largest absolute Gasteiger partial charge is 0.496 e. The van der Waals surface area contributed by atoms with Crippen molar-refractivity contribution in [3.05, 3.63) is 42.0 Å². The molecule has 1 atom stereocenters. The van der Waals surface area contributed by atoms with Crippen molar-refractivity contribution in [2.45, 2.75) is 19.3 Å². The number of fused-ring (bicyclic) bond motifs is 1. The second kappa shape index (κ2) is 9.04. The number of carbonyl (C=O) groups excluding carboxylic acids is 2. The van der Waals surface area contributed by atoms with Gasteiger partial charge in [-0.05, 0) is 50.4 Å². The lowest BCUT2D eigenvalue weighted by atomic mass is 9.95. The lowest BCUT2D eigenvalue weighted by molar-refractivity contribution is -0.136.